The maximum absolute atomic E-state index is 5.89. The van der Waals surface area contributed by atoms with Crippen LogP contribution < -0.4 is 10.6 Å². The van der Waals surface area contributed by atoms with E-state index >= 15 is 0 Å². The van der Waals surface area contributed by atoms with Gasteiger partial charge < -0.3 is 10.6 Å². The first kappa shape index (κ1) is 14.8. The minimum Gasteiger partial charge on any atom is -0.351 e. The average molecular weight is 288 g/mol. The fourth-order valence-electron chi connectivity index (χ4n) is 3.89. The van der Waals surface area contributed by atoms with Gasteiger partial charge in [-0.05, 0) is 57.7 Å². The third-order valence-corrected chi connectivity index (χ3v) is 4.87. The lowest BCUT2D eigenvalue weighted by atomic mass is 10.0. The van der Waals surface area contributed by atoms with Gasteiger partial charge in [-0.3, -0.25) is 4.90 Å². The van der Waals surface area contributed by atoms with Crippen LogP contribution in [0.15, 0.2) is 12.3 Å². The largest absolute Gasteiger partial charge is 0.351 e. The Labute approximate surface area is 128 Å². The van der Waals surface area contributed by atoms with Crippen LogP contribution in [0.3, 0.4) is 0 Å². The lowest BCUT2D eigenvalue weighted by Gasteiger charge is -2.43. The number of fused-ring (bicyclic) bond motifs is 1. The molecular formula is C17H28N4. The Morgan fingerprint density at radius 3 is 2.95 bits per heavy atom. The second-order valence-corrected chi connectivity index (χ2v) is 6.96. The molecule has 2 aliphatic heterocycles. The van der Waals surface area contributed by atoms with Crippen molar-refractivity contribution in [3.05, 3.63) is 23.4 Å². The molecule has 2 aliphatic rings. The molecule has 0 saturated carbocycles. The zero-order valence-corrected chi connectivity index (χ0v) is 13.5. The highest BCUT2D eigenvalue weighted by atomic mass is 15.3. The second kappa shape index (κ2) is 5.93. The summed E-state index contributed by atoms with van der Waals surface area (Å²) in [6.07, 6.45) is 5.61. The number of piperazine rings is 1. The van der Waals surface area contributed by atoms with Gasteiger partial charge in [-0.2, -0.15) is 0 Å². The molecule has 2 saturated heterocycles. The molecule has 0 radical (unpaired) electrons. The predicted molar refractivity (Wildman–Crippen MR) is 87.7 cm³/mol. The Kier molecular flexibility index (Phi) is 4.18. The van der Waals surface area contributed by atoms with Gasteiger partial charge in [0, 0.05) is 37.4 Å². The molecule has 1 aromatic heterocycles. The minimum absolute atomic E-state index is 0.193. The average Bonchev–Trinajstić information content (AvgIpc) is 2.84. The van der Waals surface area contributed by atoms with E-state index < -0.39 is 0 Å². The van der Waals surface area contributed by atoms with Crippen molar-refractivity contribution in [2.24, 2.45) is 5.73 Å². The smallest absolute Gasteiger partial charge is 0.131 e. The zero-order chi connectivity index (χ0) is 15.0. The van der Waals surface area contributed by atoms with Crippen LogP contribution in [0.5, 0.6) is 0 Å². The van der Waals surface area contributed by atoms with Gasteiger partial charge in [-0.1, -0.05) is 6.07 Å². The third-order valence-electron chi connectivity index (χ3n) is 4.87. The molecule has 0 amide bonds. The third kappa shape index (κ3) is 3.06. The summed E-state index contributed by atoms with van der Waals surface area (Å²) in [5.41, 5.74) is 8.42. The number of nitrogens with zero attached hydrogens (tertiary/aromatic N) is 3. The van der Waals surface area contributed by atoms with Crippen LogP contribution in [0.25, 0.3) is 0 Å². The highest BCUT2D eigenvalue weighted by Gasteiger charge is 2.35. The fourth-order valence-corrected chi connectivity index (χ4v) is 3.89. The van der Waals surface area contributed by atoms with Crippen molar-refractivity contribution in [3.8, 4) is 0 Å². The van der Waals surface area contributed by atoms with Crippen molar-refractivity contribution >= 4 is 5.82 Å². The molecule has 2 fully saturated rings. The lowest BCUT2D eigenvalue weighted by Crippen LogP contribution is -2.55. The van der Waals surface area contributed by atoms with Gasteiger partial charge in [-0.25, -0.2) is 4.98 Å². The van der Waals surface area contributed by atoms with Crippen LogP contribution in [0, 0.1) is 6.92 Å². The van der Waals surface area contributed by atoms with Crippen molar-refractivity contribution < 1.29 is 0 Å². The molecule has 0 aromatic carbocycles. The number of rotatable bonds is 3. The van der Waals surface area contributed by atoms with Crippen LogP contribution in [-0.2, 0) is 6.42 Å². The Balaban J connectivity index is 1.79. The van der Waals surface area contributed by atoms with E-state index in [0.29, 0.717) is 6.04 Å². The molecule has 116 valence electrons. The maximum atomic E-state index is 5.89. The molecule has 3 unspecified atom stereocenters. The first-order valence-corrected chi connectivity index (χ1v) is 8.26. The highest BCUT2D eigenvalue weighted by molar-refractivity contribution is 5.49. The van der Waals surface area contributed by atoms with Gasteiger partial charge in [0.2, 0.25) is 0 Å². The van der Waals surface area contributed by atoms with Crippen molar-refractivity contribution in [3.63, 3.8) is 0 Å². The van der Waals surface area contributed by atoms with Gasteiger partial charge in [0.05, 0.1) is 0 Å². The summed E-state index contributed by atoms with van der Waals surface area (Å²) in [5.74, 6) is 1.17. The summed E-state index contributed by atoms with van der Waals surface area (Å²) in [6, 6.07) is 3.73. The summed E-state index contributed by atoms with van der Waals surface area (Å²) in [5, 5.41) is 0. The van der Waals surface area contributed by atoms with Gasteiger partial charge in [0.25, 0.3) is 0 Å². The van der Waals surface area contributed by atoms with Gasteiger partial charge in [-0.15, -0.1) is 0 Å². The first-order valence-electron chi connectivity index (χ1n) is 8.26. The van der Waals surface area contributed by atoms with Crippen molar-refractivity contribution in [1.82, 2.24) is 9.88 Å². The van der Waals surface area contributed by atoms with Crippen LogP contribution in [0.4, 0.5) is 5.82 Å². The zero-order valence-electron chi connectivity index (χ0n) is 13.5. The highest BCUT2D eigenvalue weighted by Crippen LogP contribution is 2.29. The summed E-state index contributed by atoms with van der Waals surface area (Å²) < 4.78 is 0. The van der Waals surface area contributed by atoms with Crippen molar-refractivity contribution in [1.29, 1.82) is 0 Å². The molecule has 3 rings (SSSR count). The first-order chi connectivity index (χ1) is 10.0. The molecule has 3 atom stereocenters. The van der Waals surface area contributed by atoms with Gasteiger partial charge in [0.15, 0.2) is 0 Å². The SMILES string of the molecule is Cc1cc(CC(C)N)cnc1N1CC2CCCN2CC1C. The minimum atomic E-state index is 0.193. The second-order valence-electron chi connectivity index (χ2n) is 6.96. The Morgan fingerprint density at radius 1 is 1.43 bits per heavy atom. The summed E-state index contributed by atoms with van der Waals surface area (Å²) in [7, 11) is 0. The van der Waals surface area contributed by atoms with Crippen LogP contribution >= 0.6 is 0 Å². The number of aromatic nitrogens is 1. The fraction of sp³-hybridized carbons (Fsp3) is 0.706. The molecule has 3 heterocycles. The maximum Gasteiger partial charge on any atom is 0.131 e. The summed E-state index contributed by atoms with van der Waals surface area (Å²) in [4.78, 5) is 9.94. The molecule has 0 spiro atoms. The van der Waals surface area contributed by atoms with E-state index in [-0.39, 0.29) is 6.04 Å². The molecule has 4 nitrogen and oxygen atoms in total. The van der Waals surface area contributed by atoms with Crippen molar-refractivity contribution in [2.75, 3.05) is 24.5 Å². The van der Waals surface area contributed by atoms with Crippen molar-refractivity contribution in [2.45, 2.75) is 58.2 Å². The standard InChI is InChI=1S/C17H28N4/c1-12-7-15(8-13(2)18)9-19-17(12)21-11-16-5-4-6-20(16)10-14(21)3/h7,9,13-14,16H,4-6,8,10-11,18H2,1-3H3. The molecule has 4 heteroatoms. The van der Waals surface area contributed by atoms with Gasteiger partial charge >= 0.3 is 0 Å². The molecule has 21 heavy (non-hydrogen) atoms. The summed E-state index contributed by atoms with van der Waals surface area (Å²) in [6.45, 7) is 10.1. The Bertz CT molecular complexity index is 500. The van der Waals surface area contributed by atoms with Crippen LogP contribution in [0.2, 0.25) is 0 Å². The monoisotopic (exact) mass is 288 g/mol. The molecule has 2 N–H and O–H groups in total. The van der Waals surface area contributed by atoms with E-state index in [1.54, 1.807) is 0 Å². The van der Waals surface area contributed by atoms with E-state index in [1.807, 2.05) is 13.1 Å². The molecule has 0 bridgehead atoms. The predicted octanol–water partition coefficient (Wildman–Crippen LogP) is 1.95. The molecule has 1 aromatic rings. The topological polar surface area (TPSA) is 45.4 Å². The number of nitrogens with two attached hydrogens (primary N) is 1. The van der Waals surface area contributed by atoms with E-state index in [9.17, 15) is 0 Å². The number of aryl methyl sites for hydroxylation is 1. The molecular weight excluding hydrogens is 260 g/mol. The van der Waals surface area contributed by atoms with E-state index in [1.165, 1.54) is 42.9 Å². The quantitative estimate of drug-likeness (QED) is 0.923. The van der Waals surface area contributed by atoms with Crippen LogP contribution in [-0.4, -0.2) is 47.6 Å². The van der Waals surface area contributed by atoms with E-state index in [0.717, 1.165) is 19.0 Å². The summed E-state index contributed by atoms with van der Waals surface area (Å²) >= 11 is 0. The Morgan fingerprint density at radius 2 is 2.24 bits per heavy atom. The lowest BCUT2D eigenvalue weighted by molar-refractivity contribution is 0.202. The normalized spacial score (nSPS) is 27.7. The number of anilines is 1. The van der Waals surface area contributed by atoms with Gasteiger partial charge in [0.1, 0.15) is 5.82 Å². The number of pyridine rings is 1. The van der Waals surface area contributed by atoms with E-state index in [4.69, 9.17) is 10.7 Å². The van der Waals surface area contributed by atoms with E-state index in [2.05, 4.69) is 29.7 Å². The molecule has 0 aliphatic carbocycles. The van der Waals surface area contributed by atoms with Crippen LogP contribution in [0.1, 0.15) is 37.8 Å². The number of hydrogen-bond acceptors (Lipinski definition) is 4. The Hall–Kier alpha value is -1.13. The number of hydrogen-bond donors (Lipinski definition) is 1.